The van der Waals surface area contributed by atoms with Crippen molar-refractivity contribution in [1.29, 1.82) is 0 Å². The molecule has 0 fully saturated rings. The number of urea groups is 1. The van der Waals surface area contributed by atoms with Crippen LogP contribution in [0.1, 0.15) is 5.56 Å². The predicted molar refractivity (Wildman–Crippen MR) is 82.2 cm³/mol. The first-order valence-corrected chi connectivity index (χ1v) is 6.79. The largest absolute Gasteiger partial charge is 0.508 e. The third kappa shape index (κ3) is 4.51. The summed E-state index contributed by atoms with van der Waals surface area (Å²) in [4.78, 5) is 23.8. The standard InChI is InChI=1S/C15H14F3N3O3/c1-9-7-10(22)4-5-11(9)19-14(24)20-12-3-2-6-21(13(12)23)8-15(16,17)18/h2-7,22H,8H2,1H3,(H2,19,20,24). The molecule has 0 radical (unpaired) electrons. The number of benzene rings is 1. The van der Waals surface area contributed by atoms with Gasteiger partial charge in [-0.3, -0.25) is 4.79 Å². The van der Waals surface area contributed by atoms with Crippen molar-refractivity contribution in [2.45, 2.75) is 19.6 Å². The number of hydrogen-bond donors (Lipinski definition) is 3. The van der Waals surface area contributed by atoms with Crippen molar-refractivity contribution in [2.24, 2.45) is 0 Å². The second-order valence-corrected chi connectivity index (χ2v) is 5.05. The SMILES string of the molecule is Cc1cc(O)ccc1NC(=O)Nc1cccn(CC(F)(F)F)c1=O. The highest BCUT2D eigenvalue weighted by Gasteiger charge is 2.28. The number of aryl methyl sites for hydroxylation is 1. The Labute approximate surface area is 134 Å². The highest BCUT2D eigenvalue weighted by atomic mass is 19.4. The van der Waals surface area contributed by atoms with E-state index >= 15 is 0 Å². The number of amides is 2. The van der Waals surface area contributed by atoms with Gasteiger partial charge in [0.05, 0.1) is 0 Å². The Bertz CT molecular complexity index is 816. The van der Waals surface area contributed by atoms with E-state index < -0.39 is 24.3 Å². The highest BCUT2D eigenvalue weighted by molar-refractivity contribution is 6.00. The summed E-state index contributed by atoms with van der Waals surface area (Å²) in [7, 11) is 0. The zero-order chi connectivity index (χ0) is 17.9. The number of carbonyl (C=O) groups excluding carboxylic acids is 1. The lowest BCUT2D eigenvalue weighted by molar-refractivity contribution is -0.141. The maximum Gasteiger partial charge on any atom is 0.406 e. The lowest BCUT2D eigenvalue weighted by atomic mass is 10.2. The molecule has 0 saturated heterocycles. The molecule has 0 spiro atoms. The van der Waals surface area contributed by atoms with E-state index in [0.29, 0.717) is 15.8 Å². The number of aromatic nitrogens is 1. The lowest BCUT2D eigenvalue weighted by Crippen LogP contribution is -2.31. The Hall–Kier alpha value is -2.97. The van der Waals surface area contributed by atoms with Crippen LogP contribution in [0.3, 0.4) is 0 Å². The van der Waals surface area contributed by atoms with Gasteiger partial charge in [-0.05, 0) is 42.8 Å². The minimum Gasteiger partial charge on any atom is -0.508 e. The highest BCUT2D eigenvalue weighted by Crippen LogP contribution is 2.20. The van der Waals surface area contributed by atoms with E-state index in [0.717, 1.165) is 6.20 Å². The van der Waals surface area contributed by atoms with Crippen molar-refractivity contribution in [3.63, 3.8) is 0 Å². The van der Waals surface area contributed by atoms with Crippen LogP contribution in [0, 0.1) is 6.92 Å². The van der Waals surface area contributed by atoms with Crippen LogP contribution in [-0.2, 0) is 6.54 Å². The van der Waals surface area contributed by atoms with E-state index in [1.165, 1.54) is 30.3 Å². The number of carbonyl (C=O) groups is 1. The zero-order valence-corrected chi connectivity index (χ0v) is 12.5. The number of anilines is 2. The van der Waals surface area contributed by atoms with E-state index in [-0.39, 0.29) is 11.4 Å². The fourth-order valence-electron chi connectivity index (χ4n) is 2.01. The predicted octanol–water partition coefficient (Wildman–Crippen LogP) is 3.07. The molecule has 0 saturated carbocycles. The number of phenols is 1. The number of alkyl halides is 3. The van der Waals surface area contributed by atoms with E-state index in [2.05, 4.69) is 10.6 Å². The second kappa shape index (κ2) is 6.65. The Morgan fingerprint density at radius 3 is 2.50 bits per heavy atom. The molecule has 1 aromatic heterocycles. The number of hydrogen-bond acceptors (Lipinski definition) is 3. The molecule has 0 atom stereocenters. The third-order valence-corrected chi connectivity index (χ3v) is 3.08. The Morgan fingerprint density at radius 2 is 1.88 bits per heavy atom. The molecule has 0 unspecified atom stereocenters. The zero-order valence-electron chi connectivity index (χ0n) is 12.5. The summed E-state index contributed by atoms with van der Waals surface area (Å²) in [6.45, 7) is 0.203. The molecule has 6 nitrogen and oxygen atoms in total. The molecule has 1 heterocycles. The first-order valence-electron chi connectivity index (χ1n) is 6.79. The van der Waals surface area contributed by atoms with Gasteiger partial charge in [0.2, 0.25) is 0 Å². The number of nitrogens with zero attached hydrogens (tertiary/aromatic N) is 1. The van der Waals surface area contributed by atoms with Gasteiger partial charge in [0.15, 0.2) is 0 Å². The number of pyridine rings is 1. The van der Waals surface area contributed by atoms with Crippen molar-refractivity contribution in [1.82, 2.24) is 4.57 Å². The van der Waals surface area contributed by atoms with Gasteiger partial charge in [-0.1, -0.05) is 0 Å². The number of halogens is 3. The molecule has 24 heavy (non-hydrogen) atoms. The molecular weight excluding hydrogens is 327 g/mol. The average molecular weight is 341 g/mol. The van der Waals surface area contributed by atoms with Crippen LogP contribution in [0.25, 0.3) is 0 Å². The summed E-state index contributed by atoms with van der Waals surface area (Å²) < 4.78 is 37.7. The lowest BCUT2D eigenvalue weighted by Gasteiger charge is -2.12. The van der Waals surface area contributed by atoms with Crippen LogP contribution < -0.4 is 16.2 Å². The van der Waals surface area contributed by atoms with Crippen molar-refractivity contribution in [3.05, 3.63) is 52.4 Å². The van der Waals surface area contributed by atoms with Crippen LogP contribution in [0.2, 0.25) is 0 Å². The van der Waals surface area contributed by atoms with Gasteiger partial charge >= 0.3 is 12.2 Å². The van der Waals surface area contributed by atoms with Gasteiger partial charge < -0.3 is 20.3 Å². The smallest absolute Gasteiger partial charge is 0.406 e. The average Bonchev–Trinajstić information content (AvgIpc) is 2.45. The Kier molecular flexibility index (Phi) is 4.82. The third-order valence-electron chi connectivity index (χ3n) is 3.08. The maximum atomic E-state index is 12.4. The molecule has 1 aromatic carbocycles. The van der Waals surface area contributed by atoms with Crippen LogP contribution >= 0.6 is 0 Å². The van der Waals surface area contributed by atoms with E-state index in [1.807, 2.05) is 0 Å². The van der Waals surface area contributed by atoms with Crippen molar-refractivity contribution in [3.8, 4) is 5.75 Å². The fraction of sp³-hybridized carbons (Fsp3) is 0.200. The summed E-state index contributed by atoms with van der Waals surface area (Å²) in [5.74, 6) is 0.0246. The van der Waals surface area contributed by atoms with Crippen molar-refractivity contribution >= 4 is 17.4 Å². The van der Waals surface area contributed by atoms with Gasteiger partial charge in [0, 0.05) is 11.9 Å². The molecule has 2 rings (SSSR count). The normalized spacial score (nSPS) is 11.2. The number of aromatic hydroxyl groups is 1. The number of phenolic OH excluding ortho intramolecular Hbond substituents is 1. The first-order chi connectivity index (χ1) is 11.2. The quantitative estimate of drug-likeness (QED) is 0.750. The molecule has 9 heteroatoms. The molecule has 0 aliphatic rings. The van der Waals surface area contributed by atoms with E-state index in [4.69, 9.17) is 0 Å². The van der Waals surface area contributed by atoms with E-state index in [1.54, 1.807) is 6.92 Å². The van der Waals surface area contributed by atoms with Crippen LogP contribution in [0.5, 0.6) is 5.75 Å². The Morgan fingerprint density at radius 1 is 1.21 bits per heavy atom. The van der Waals surface area contributed by atoms with Crippen LogP contribution in [0.15, 0.2) is 41.3 Å². The van der Waals surface area contributed by atoms with Crippen LogP contribution in [0.4, 0.5) is 29.3 Å². The van der Waals surface area contributed by atoms with Crippen molar-refractivity contribution in [2.75, 3.05) is 10.6 Å². The monoisotopic (exact) mass is 341 g/mol. The summed E-state index contributed by atoms with van der Waals surface area (Å²) in [5.41, 5.74) is -0.285. The summed E-state index contributed by atoms with van der Waals surface area (Å²) in [5, 5.41) is 14.0. The molecule has 0 aliphatic heterocycles. The van der Waals surface area contributed by atoms with Crippen LogP contribution in [-0.4, -0.2) is 21.9 Å². The molecule has 3 N–H and O–H groups in total. The molecule has 0 bridgehead atoms. The summed E-state index contributed by atoms with van der Waals surface area (Å²) in [6.07, 6.45) is -3.56. The Balaban J connectivity index is 2.14. The number of rotatable bonds is 3. The molecule has 0 aliphatic carbocycles. The summed E-state index contributed by atoms with van der Waals surface area (Å²) in [6, 6.07) is 5.89. The fourth-order valence-corrected chi connectivity index (χ4v) is 2.01. The van der Waals surface area contributed by atoms with Gasteiger partial charge in [-0.25, -0.2) is 4.79 Å². The minimum atomic E-state index is -4.55. The molecular formula is C15H14F3N3O3. The maximum absolute atomic E-state index is 12.4. The first kappa shape index (κ1) is 17.4. The minimum absolute atomic E-state index is 0.0246. The van der Waals surface area contributed by atoms with Gasteiger partial charge in [-0.2, -0.15) is 13.2 Å². The van der Waals surface area contributed by atoms with Gasteiger partial charge in [-0.15, -0.1) is 0 Å². The topological polar surface area (TPSA) is 83.4 Å². The van der Waals surface area contributed by atoms with Crippen molar-refractivity contribution < 1.29 is 23.1 Å². The van der Waals surface area contributed by atoms with Gasteiger partial charge in [0.1, 0.15) is 18.0 Å². The molecule has 2 aromatic rings. The van der Waals surface area contributed by atoms with E-state index in [9.17, 15) is 27.9 Å². The molecule has 2 amide bonds. The molecule has 128 valence electrons. The summed E-state index contributed by atoms with van der Waals surface area (Å²) >= 11 is 0. The number of nitrogens with one attached hydrogen (secondary N) is 2. The second-order valence-electron chi connectivity index (χ2n) is 5.05. The van der Waals surface area contributed by atoms with Gasteiger partial charge in [0.25, 0.3) is 5.56 Å².